The minimum atomic E-state index is -0.511. The molecule has 1 atom stereocenters. The number of thioether (sulfide) groups is 1. The molecule has 0 saturated heterocycles. The molecular weight excluding hydrogens is 382 g/mol. The van der Waals surface area contributed by atoms with Crippen LogP contribution in [0.15, 0.2) is 12.2 Å². The Balaban J connectivity index is 3.55. The van der Waals surface area contributed by atoms with Crippen molar-refractivity contribution in [1.82, 2.24) is 5.32 Å². The maximum absolute atomic E-state index is 12.0. The fourth-order valence-corrected chi connectivity index (χ4v) is 3.72. The highest BCUT2D eigenvalue weighted by atomic mass is 32.2. The van der Waals surface area contributed by atoms with Crippen molar-refractivity contribution in [3.05, 3.63) is 12.2 Å². The Morgan fingerprint density at radius 1 is 0.897 bits per heavy atom. The Hall–Kier alpha value is -0.970. The van der Waals surface area contributed by atoms with E-state index in [4.69, 9.17) is 4.74 Å². The van der Waals surface area contributed by atoms with E-state index in [0.717, 1.165) is 18.6 Å². The van der Waals surface area contributed by atoms with Crippen LogP contribution in [0.3, 0.4) is 0 Å². The van der Waals surface area contributed by atoms with Gasteiger partial charge in [0.25, 0.3) is 0 Å². The lowest BCUT2D eigenvalue weighted by atomic mass is 10.1. The summed E-state index contributed by atoms with van der Waals surface area (Å²) < 4.78 is 4.77. The Morgan fingerprint density at radius 2 is 1.45 bits per heavy atom. The average molecular weight is 428 g/mol. The first-order valence-electron chi connectivity index (χ1n) is 11.7. The van der Waals surface area contributed by atoms with E-state index in [9.17, 15) is 9.59 Å². The van der Waals surface area contributed by atoms with Gasteiger partial charge in [-0.1, -0.05) is 70.4 Å². The molecule has 0 aliphatic heterocycles. The average Bonchev–Trinajstić information content (AvgIpc) is 2.73. The highest BCUT2D eigenvalue weighted by Crippen LogP contribution is 2.10. The number of rotatable bonds is 20. The second-order valence-electron chi connectivity index (χ2n) is 7.76. The topological polar surface area (TPSA) is 55.4 Å². The van der Waals surface area contributed by atoms with Gasteiger partial charge in [0.2, 0.25) is 5.91 Å². The van der Waals surface area contributed by atoms with Gasteiger partial charge in [-0.2, -0.15) is 11.8 Å². The molecule has 0 heterocycles. The SMILES string of the molecule is CCCCCCCC/C=C\CCCCCCCC(=O)N[C@@H](CCSC)C(=O)OC. The van der Waals surface area contributed by atoms with Gasteiger partial charge in [0.15, 0.2) is 0 Å². The third kappa shape index (κ3) is 18.8. The van der Waals surface area contributed by atoms with Crippen molar-refractivity contribution in [1.29, 1.82) is 0 Å². The lowest BCUT2D eigenvalue weighted by molar-refractivity contribution is -0.145. The number of ether oxygens (including phenoxy) is 1. The summed E-state index contributed by atoms with van der Waals surface area (Å²) in [5.74, 6) is 0.434. The van der Waals surface area contributed by atoms with Crippen LogP contribution in [0.2, 0.25) is 0 Å². The van der Waals surface area contributed by atoms with Crippen LogP contribution < -0.4 is 5.32 Å². The standard InChI is InChI=1S/C24H45NO3S/c1-4-5-6-7-8-9-10-11-12-13-14-15-16-17-18-19-23(26)25-22(20-21-29-3)24(27)28-2/h11-12,22H,4-10,13-21H2,1-3H3,(H,25,26)/b12-11-/t22-/m0/s1. The number of allylic oxidation sites excluding steroid dienone is 2. The molecule has 0 radical (unpaired) electrons. The molecule has 1 N–H and O–H groups in total. The van der Waals surface area contributed by atoms with E-state index in [1.54, 1.807) is 11.8 Å². The van der Waals surface area contributed by atoms with E-state index in [1.165, 1.54) is 77.7 Å². The number of hydrogen-bond acceptors (Lipinski definition) is 4. The van der Waals surface area contributed by atoms with Gasteiger partial charge in [-0.25, -0.2) is 4.79 Å². The zero-order chi connectivity index (χ0) is 21.6. The van der Waals surface area contributed by atoms with Crippen LogP contribution >= 0.6 is 11.8 Å². The van der Waals surface area contributed by atoms with Crippen molar-refractivity contribution in [2.45, 2.75) is 109 Å². The van der Waals surface area contributed by atoms with Crippen molar-refractivity contribution in [2.75, 3.05) is 19.1 Å². The van der Waals surface area contributed by atoms with Crippen molar-refractivity contribution < 1.29 is 14.3 Å². The maximum Gasteiger partial charge on any atom is 0.328 e. The molecule has 0 aromatic rings. The summed E-state index contributed by atoms with van der Waals surface area (Å²) in [5.41, 5.74) is 0. The quantitative estimate of drug-likeness (QED) is 0.138. The molecule has 0 aliphatic carbocycles. The highest BCUT2D eigenvalue weighted by molar-refractivity contribution is 7.98. The lowest BCUT2D eigenvalue weighted by Crippen LogP contribution is -2.41. The first-order valence-corrected chi connectivity index (χ1v) is 13.1. The molecule has 0 saturated carbocycles. The van der Waals surface area contributed by atoms with Crippen LogP contribution in [0.4, 0.5) is 0 Å². The lowest BCUT2D eigenvalue weighted by Gasteiger charge is -2.15. The van der Waals surface area contributed by atoms with Gasteiger partial charge in [0, 0.05) is 6.42 Å². The normalized spacial score (nSPS) is 12.2. The molecule has 0 unspecified atom stereocenters. The molecule has 1 amide bonds. The predicted octanol–water partition coefficient (Wildman–Crippen LogP) is 6.43. The number of esters is 1. The van der Waals surface area contributed by atoms with Crippen LogP contribution in [0.5, 0.6) is 0 Å². The van der Waals surface area contributed by atoms with Gasteiger partial charge in [-0.15, -0.1) is 0 Å². The Morgan fingerprint density at radius 3 is 2.00 bits per heavy atom. The molecule has 0 aromatic heterocycles. The minimum Gasteiger partial charge on any atom is -0.467 e. The first kappa shape index (κ1) is 28.0. The van der Waals surface area contributed by atoms with E-state index in [-0.39, 0.29) is 11.9 Å². The molecule has 0 aromatic carbocycles. The smallest absolute Gasteiger partial charge is 0.328 e. The number of methoxy groups -OCH3 is 1. The number of carbonyl (C=O) groups excluding carboxylic acids is 2. The van der Waals surface area contributed by atoms with Crippen LogP contribution in [0, 0.1) is 0 Å². The van der Waals surface area contributed by atoms with Crippen LogP contribution in [-0.2, 0) is 14.3 Å². The van der Waals surface area contributed by atoms with Gasteiger partial charge in [-0.3, -0.25) is 4.79 Å². The van der Waals surface area contributed by atoms with Gasteiger partial charge in [0.1, 0.15) is 6.04 Å². The number of unbranched alkanes of at least 4 members (excludes halogenated alkanes) is 11. The molecule has 0 aliphatic rings. The Labute approximate surface area is 184 Å². The third-order valence-corrected chi connectivity index (χ3v) is 5.74. The summed E-state index contributed by atoms with van der Waals surface area (Å²) in [6, 6.07) is -0.511. The molecule has 29 heavy (non-hydrogen) atoms. The van der Waals surface area contributed by atoms with Crippen molar-refractivity contribution in [3.63, 3.8) is 0 Å². The molecular formula is C24H45NO3S. The largest absolute Gasteiger partial charge is 0.467 e. The van der Waals surface area contributed by atoms with Crippen molar-refractivity contribution >= 4 is 23.6 Å². The number of hydrogen-bond donors (Lipinski definition) is 1. The molecule has 0 spiro atoms. The predicted molar refractivity (Wildman–Crippen MR) is 126 cm³/mol. The van der Waals surface area contributed by atoms with E-state index in [0.29, 0.717) is 12.8 Å². The van der Waals surface area contributed by atoms with E-state index in [1.807, 2.05) is 6.26 Å². The molecule has 0 fully saturated rings. The fraction of sp³-hybridized carbons (Fsp3) is 0.833. The summed E-state index contributed by atoms with van der Waals surface area (Å²) >= 11 is 1.66. The zero-order valence-electron chi connectivity index (χ0n) is 19.2. The van der Waals surface area contributed by atoms with Gasteiger partial charge >= 0.3 is 5.97 Å². The van der Waals surface area contributed by atoms with Crippen molar-refractivity contribution in [2.24, 2.45) is 0 Å². The Kier molecular flexibility index (Phi) is 21.0. The first-order chi connectivity index (χ1) is 14.2. The third-order valence-electron chi connectivity index (χ3n) is 5.10. The zero-order valence-corrected chi connectivity index (χ0v) is 20.0. The molecule has 0 rings (SSSR count). The summed E-state index contributed by atoms with van der Waals surface area (Å²) in [6.45, 7) is 2.26. The molecule has 0 bridgehead atoms. The number of nitrogens with one attached hydrogen (secondary N) is 1. The number of amides is 1. The summed E-state index contributed by atoms with van der Waals surface area (Å²) in [7, 11) is 1.37. The van der Waals surface area contributed by atoms with Gasteiger partial charge in [-0.05, 0) is 50.5 Å². The van der Waals surface area contributed by atoms with Crippen LogP contribution in [0.1, 0.15) is 103 Å². The summed E-state index contributed by atoms with van der Waals surface area (Å²) in [5, 5.41) is 2.82. The maximum atomic E-state index is 12.0. The van der Waals surface area contributed by atoms with Crippen LogP contribution in [-0.4, -0.2) is 37.0 Å². The molecule has 170 valence electrons. The van der Waals surface area contributed by atoms with Gasteiger partial charge in [0.05, 0.1) is 7.11 Å². The van der Waals surface area contributed by atoms with E-state index >= 15 is 0 Å². The second-order valence-corrected chi connectivity index (χ2v) is 8.74. The van der Waals surface area contributed by atoms with E-state index in [2.05, 4.69) is 24.4 Å². The molecule has 5 heteroatoms. The molecule has 4 nitrogen and oxygen atoms in total. The van der Waals surface area contributed by atoms with Crippen molar-refractivity contribution in [3.8, 4) is 0 Å². The van der Waals surface area contributed by atoms with Crippen LogP contribution in [0.25, 0.3) is 0 Å². The highest BCUT2D eigenvalue weighted by Gasteiger charge is 2.20. The fourth-order valence-electron chi connectivity index (χ4n) is 3.25. The number of carbonyl (C=O) groups is 2. The summed E-state index contributed by atoms with van der Waals surface area (Å²) in [4.78, 5) is 23.8. The van der Waals surface area contributed by atoms with E-state index < -0.39 is 6.04 Å². The Bertz CT molecular complexity index is 426. The second kappa shape index (κ2) is 21.7. The van der Waals surface area contributed by atoms with Gasteiger partial charge < -0.3 is 10.1 Å². The monoisotopic (exact) mass is 427 g/mol. The minimum absolute atomic E-state index is 0.0425. The summed E-state index contributed by atoms with van der Waals surface area (Å²) in [6.07, 6.45) is 24.0.